The first-order valence-electron chi connectivity index (χ1n) is 7.94. The van der Waals surface area contributed by atoms with Gasteiger partial charge in [0.05, 0.1) is 18.0 Å². The second-order valence-electron chi connectivity index (χ2n) is 6.32. The standard InChI is InChI=1S/C18H20N2O4/c1-11-5-3-4-6-14(11)15-9-20(10-16(15)18(22)23)17(21)8-13-7-12(2)19-24-13/h3-7,15-16H,8-10H2,1-2H3,(H,22,23)/t15-,16+/m1/s1. The number of amides is 1. The van der Waals surface area contributed by atoms with Gasteiger partial charge in [-0.3, -0.25) is 9.59 Å². The number of carbonyl (C=O) groups excluding carboxylic acids is 1. The Bertz CT molecular complexity index is 768. The Kier molecular flexibility index (Phi) is 4.38. The molecule has 1 aromatic carbocycles. The van der Waals surface area contributed by atoms with E-state index >= 15 is 0 Å². The molecule has 1 N–H and O–H groups in total. The van der Waals surface area contributed by atoms with Gasteiger partial charge < -0.3 is 14.5 Å². The molecule has 24 heavy (non-hydrogen) atoms. The van der Waals surface area contributed by atoms with Crippen LogP contribution in [0.15, 0.2) is 34.9 Å². The van der Waals surface area contributed by atoms with E-state index in [1.54, 1.807) is 17.9 Å². The quantitative estimate of drug-likeness (QED) is 0.930. The molecular weight excluding hydrogens is 308 g/mol. The van der Waals surface area contributed by atoms with Crippen LogP contribution in [-0.4, -0.2) is 40.1 Å². The van der Waals surface area contributed by atoms with Crippen molar-refractivity contribution in [3.63, 3.8) is 0 Å². The topological polar surface area (TPSA) is 83.6 Å². The van der Waals surface area contributed by atoms with E-state index in [2.05, 4.69) is 5.16 Å². The molecule has 0 aliphatic carbocycles. The molecule has 2 heterocycles. The number of aryl methyl sites for hydroxylation is 2. The van der Waals surface area contributed by atoms with Gasteiger partial charge in [-0.2, -0.15) is 0 Å². The van der Waals surface area contributed by atoms with Crippen molar-refractivity contribution >= 4 is 11.9 Å². The van der Waals surface area contributed by atoms with Gasteiger partial charge in [-0.15, -0.1) is 0 Å². The Balaban J connectivity index is 1.78. The molecular formula is C18H20N2O4. The predicted molar refractivity (Wildman–Crippen MR) is 86.6 cm³/mol. The van der Waals surface area contributed by atoms with E-state index in [9.17, 15) is 14.7 Å². The highest BCUT2D eigenvalue weighted by atomic mass is 16.5. The number of likely N-dealkylation sites (tertiary alicyclic amines) is 1. The Morgan fingerprint density at radius 3 is 2.67 bits per heavy atom. The molecule has 3 rings (SSSR count). The summed E-state index contributed by atoms with van der Waals surface area (Å²) >= 11 is 0. The van der Waals surface area contributed by atoms with Crippen LogP contribution in [0.1, 0.15) is 28.5 Å². The molecule has 1 saturated heterocycles. The molecule has 1 amide bonds. The number of nitrogens with zero attached hydrogens (tertiary/aromatic N) is 2. The summed E-state index contributed by atoms with van der Waals surface area (Å²) in [7, 11) is 0. The summed E-state index contributed by atoms with van der Waals surface area (Å²) in [5.74, 6) is -1.28. The Hall–Kier alpha value is -2.63. The van der Waals surface area contributed by atoms with Gasteiger partial charge in [-0.25, -0.2) is 0 Å². The number of rotatable bonds is 4. The van der Waals surface area contributed by atoms with Crippen LogP contribution in [0, 0.1) is 19.8 Å². The summed E-state index contributed by atoms with van der Waals surface area (Å²) in [5, 5.41) is 13.3. The first-order chi connectivity index (χ1) is 11.5. The van der Waals surface area contributed by atoms with Gasteiger partial charge in [0.1, 0.15) is 5.76 Å². The molecule has 0 unspecified atom stereocenters. The molecule has 0 radical (unpaired) electrons. The zero-order valence-electron chi connectivity index (χ0n) is 13.7. The summed E-state index contributed by atoms with van der Waals surface area (Å²) < 4.78 is 5.09. The first-order valence-corrected chi connectivity index (χ1v) is 7.94. The normalized spacial score (nSPS) is 20.3. The third-order valence-electron chi connectivity index (χ3n) is 4.58. The minimum absolute atomic E-state index is 0.105. The molecule has 1 aliphatic rings. The second kappa shape index (κ2) is 6.47. The molecule has 0 spiro atoms. The number of aromatic nitrogens is 1. The summed E-state index contributed by atoms with van der Waals surface area (Å²) in [6.45, 7) is 4.39. The molecule has 6 heteroatoms. The zero-order valence-corrected chi connectivity index (χ0v) is 13.7. The summed E-state index contributed by atoms with van der Waals surface area (Å²) in [4.78, 5) is 25.8. The van der Waals surface area contributed by atoms with Crippen LogP contribution in [0.5, 0.6) is 0 Å². The largest absolute Gasteiger partial charge is 0.481 e. The van der Waals surface area contributed by atoms with Crippen molar-refractivity contribution in [2.45, 2.75) is 26.2 Å². The number of carboxylic acid groups (broad SMARTS) is 1. The van der Waals surface area contributed by atoms with E-state index < -0.39 is 11.9 Å². The van der Waals surface area contributed by atoms with Crippen LogP contribution in [0.4, 0.5) is 0 Å². The number of hydrogen-bond acceptors (Lipinski definition) is 4. The average molecular weight is 328 g/mol. The van der Waals surface area contributed by atoms with Gasteiger partial charge in [0.25, 0.3) is 0 Å². The summed E-state index contributed by atoms with van der Waals surface area (Å²) in [6.07, 6.45) is 0.105. The summed E-state index contributed by atoms with van der Waals surface area (Å²) in [5.41, 5.74) is 2.77. The minimum Gasteiger partial charge on any atom is -0.481 e. The monoisotopic (exact) mass is 328 g/mol. The fourth-order valence-electron chi connectivity index (χ4n) is 3.34. The molecule has 2 atom stereocenters. The van der Waals surface area contributed by atoms with E-state index in [1.165, 1.54) is 0 Å². The van der Waals surface area contributed by atoms with Gasteiger partial charge >= 0.3 is 5.97 Å². The van der Waals surface area contributed by atoms with Crippen LogP contribution in [0.2, 0.25) is 0 Å². The maximum absolute atomic E-state index is 12.5. The number of carboxylic acids is 1. The first kappa shape index (κ1) is 16.2. The van der Waals surface area contributed by atoms with Crippen LogP contribution in [0.3, 0.4) is 0 Å². The maximum atomic E-state index is 12.5. The fourth-order valence-corrected chi connectivity index (χ4v) is 3.34. The van der Waals surface area contributed by atoms with Gasteiger partial charge in [-0.05, 0) is 25.0 Å². The average Bonchev–Trinajstić information content (AvgIpc) is 3.14. The van der Waals surface area contributed by atoms with Crippen molar-refractivity contribution in [1.82, 2.24) is 10.1 Å². The molecule has 1 fully saturated rings. The number of benzene rings is 1. The zero-order chi connectivity index (χ0) is 17.3. The highest BCUT2D eigenvalue weighted by Gasteiger charge is 2.40. The molecule has 126 valence electrons. The van der Waals surface area contributed by atoms with Crippen LogP contribution in [0.25, 0.3) is 0 Å². The van der Waals surface area contributed by atoms with E-state index in [4.69, 9.17) is 4.52 Å². The lowest BCUT2D eigenvalue weighted by Crippen LogP contribution is -2.31. The van der Waals surface area contributed by atoms with Crippen molar-refractivity contribution in [2.75, 3.05) is 13.1 Å². The Morgan fingerprint density at radius 1 is 1.29 bits per heavy atom. The molecule has 1 aliphatic heterocycles. The third kappa shape index (κ3) is 3.18. The molecule has 6 nitrogen and oxygen atoms in total. The second-order valence-corrected chi connectivity index (χ2v) is 6.32. The molecule has 2 aromatic rings. The van der Waals surface area contributed by atoms with Crippen molar-refractivity contribution < 1.29 is 19.2 Å². The minimum atomic E-state index is -0.867. The van der Waals surface area contributed by atoms with Crippen LogP contribution in [-0.2, 0) is 16.0 Å². The molecule has 0 saturated carbocycles. The van der Waals surface area contributed by atoms with Crippen molar-refractivity contribution in [2.24, 2.45) is 5.92 Å². The van der Waals surface area contributed by atoms with Crippen LogP contribution >= 0.6 is 0 Å². The highest BCUT2D eigenvalue weighted by molar-refractivity contribution is 5.81. The lowest BCUT2D eigenvalue weighted by Gasteiger charge is -2.17. The number of aliphatic carboxylic acids is 1. The van der Waals surface area contributed by atoms with Crippen molar-refractivity contribution in [3.05, 3.63) is 52.9 Å². The highest BCUT2D eigenvalue weighted by Crippen LogP contribution is 2.34. The molecule has 1 aromatic heterocycles. The SMILES string of the molecule is Cc1cc(CC(=O)N2C[C@H](C(=O)O)[C@@H](c3ccccc3C)C2)on1. The number of carbonyl (C=O) groups is 2. The van der Waals surface area contributed by atoms with E-state index in [1.807, 2.05) is 31.2 Å². The van der Waals surface area contributed by atoms with Gasteiger partial charge in [0.15, 0.2) is 0 Å². The van der Waals surface area contributed by atoms with Gasteiger partial charge in [-0.1, -0.05) is 29.4 Å². The maximum Gasteiger partial charge on any atom is 0.308 e. The number of hydrogen-bond donors (Lipinski definition) is 1. The van der Waals surface area contributed by atoms with E-state index in [0.717, 1.165) is 16.8 Å². The summed E-state index contributed by atoms with van der Waals surface area (Å²) in [6, 6.07) is 9.48. The molecule has 0 bridgehead atoms. The predicted octanol–water partition coefficient (Wildman–Crippen LogP) is 2.16. The van der Waals surface area contributed by atoms with Crippen molar-refractivity contribution in [3.8, 4) is 0 Å². The van der Waals surface area contributed by atoms with Gasteiger partial charge in [0, 0.05) is 25.1 Å². The fraction of sp³-hybridized carbons (Fsp3) is 0.389. The lowest BCUT2D eigenvalue weighted by atomic mass is 9.86. The van der Waals surface area contributed by atoms with E-state index in [-0.39, 0.29) is 24.8 Å². The third-order valence-corrected chi connectivity index (χ3v) is 4.58. The van der Waals surface area contributed by atoms with Crippen molar-refractivity contribution in [1.29, 1.82) is 0 Å². The van der Waals surface area contributed by atoms with E-state index in [0.29, 0.717) is 12.3 Å². The Morgan fingerprint density at radius 2 is 2.04 bits per heavy atom. The van der Waals surface area contributed by atoms with Gasteiger partial charge in [0.2, 0.25) is 5.91 Å². The Labute approximate surface area is 140 Å². The van der Waals surface area contributed by atoms with Crippen LogP contribution < -0.4 is 0 Å². The lowest BCUT2D eigenvalue weighted by molar-refractivity contribution is -0.141. The smallest absolute Gasteiger partial charge is 0.308 e.